The smallest absolute Gasteiger partial charge is 0.261 e. The lowest BCUT2D eigenvalue weighted by Gasteiger charge is -2.20. The second-order valence-electron chi connectivity index (χ2n) is 10.1. The zero-order valence-corrected chi connectivity index (χ0v) is 22.6. The quantitative estimate of drug-likeness (QED) is 0.352. The van der Waals surface area contributed by atoms with Gasteiger partial charge >= 0.3 is 0 Å². The molecule has 0 unspecified atom stereocenters. The van der Waals surface area contributed by atoms with Crippen LogP contribution in [0.1, 0.15) is 18.1 Å². The van der Waals surface area contributed by atoms with E-state index in [9.17, 15) is 9.59 Å². The number of likely N-dealkylation sites (N-methyl/N-ethyl adjacent to an activating group) is 2. The highest BCUT2D eigenvalue weighted by molar-refractivity contribution is 6.50. The molecule has 0 radical (unpaired) electrons. The first-order valence-electron chi connectivity index (χ1n) is 13.7. The molecule has 4 heterocycles. The fourth-order valence-electron chi connectivity index (χ4n) is 5.75. The maximum absolute atomic E-state index is 13.7. The Labute approximate surface area is 228 Å². The Kier molecular flexibility index (Phi) is 7.08. The van der Waals surface area contributed by atoms with Crippen molar-refractivity contribution in [2.45, 2.75) is 20.0 Å². The number of para-hydroxylation sites is 2. The number of rotatable bonds is 1. The van der Waals surface area contributed by atoms with Crippen LogP contribution in [0.4, 0.5) is 0 Å². The van der Waals surface area contributed by atoms with Crippen molar-refractivity contribution < 1.29 is 19.1 Å². The molecule has 39 heavy (non-hydrogen) atoms. The fraction of sp³-hybridized carbons (Fsp3) is 0.355. The topological polar surface area (TPSA) is 68.9 Å². The molecular weight excluding hydrogens is 492 g/mol. The summed E-state index contributed by atoms with van der Waals surface area (Å²) in [5.74, 6) is -0.556. The number of hydrogen-bond acceptors (Lipinski definition) is 5. The molecule has 0 fully saturated rings. The van der Waals surface area contributed by atoms with Crippen LogP contribution in [0, 0.1) is 0 Å². The molecule has 202 valence electrons. The molecule has 0 saturated heterocycles. The van der Waals surface area contributed by atoms with Gasteiger partial charge < -0.3 is 18.6 Å². The average Bonchev–Trinajstić information content (AvgIpc) is 3.57. The fourth-order valence-corrected chi connectivity index (χ4v) is 5.75. The summed E-state index contributed by atoms with van der Waals surface area (Å²) in [4.78, 5) is 30.9. The number of imide groups is 1. The second-order valence-corrected chi connectivity index (χ2v) is 10.1. The zero-order chi connectivity index (χ0) is 26.9. The van der Waals surface area contributed by atoms with Gasteiger partial charge in [-0.1, -0.05) is 43.3 Å². The molecule has 0 saturated carbocycles. The third-order valence-corrected chi connectivity index (χ3v) is 7.91. The molecule has 0 atom stereocenters. The highest BCUT2D eigenvalue weighted by Crippen LogP contribution is 2.41. The molecule has 0 spiro atoms. The minimum atomic E-state index is -0.278. The number of ether oxygens (including phenoxy) is 2. The van der Waals surface area contributed by atoms with Gasteiger partial charge in [0.15, 0.2) is 0 Å². The van der Waals surface area contributed by atoms with Crippen LogP contribution in [0.25, 0.3) is 33.0 Å². The molecule has 2 aromatic carbocycles. The van der Waals surface area contributed by atoms with Crippen LogP contribution in [0.3, 0.4) is 0 Å². The van der Waals surface area contributed by atoms with Crippen LogP contribution in [-0.4, -0.2) is 83.9 Å². The van der Waals surface area contributed by atoms with E-state index < -0.39 is 0 Å². The summed E-state index contributed by atoms with van der Waals surface area (Å²) in [6.07, 6.45) is 4.01. The monoisotopic (exact) mass is 526 g/mol. The number of aromatic nitrogens is 2. The third kappa shape index (κ3) is 4.58. The van der Waals surface area contributed by atoms with Crippen LogP contribution in [0.5, 0.6) is 0 Å². The first-order chi connectivity index (χ1) is 19.1. The van der Waals surface area contributed by atoms with Gasteiger partial charge in [0, 0.05) is 78.6 Å². The molecule has 8 heteroatoms. The van der Waals surface area contributed by atoms with Gasteiger partial charge in [0.25, 0.3) is 11.8 Å². The molecule has 2 aromatic heterocycles. The van der Waals surface area contributed by atoms with Gasteiger partial charge in [0.05, 0.1) is 37.6 Å². The molecule has 6 rings (SSSR count). The van der Waals surface area contributed by atoms with E-state index in [2.05, 4.69) is 33.1 Å². The number of nitrogens with zero attached hydrogens (tertiary/aromatic N) is 4. The average molecular weight is 527 g/mol. The van der Waals surface area contributed by atoms with Crippen LogP contribution in [0.15, 0.2) is 60.9 Å². The van der Waals surface area contributed by atoms with Crippen LogP contribution in [-0.2, 0) is 32.2 Å². The lowest BCUT2D eigenvalue weighted by molar-refractivity contribution is -0.134. The van der Waals surface area contributed by atoms with Crippen molar-refractivity contribution in [2.24, 2.45) is 0 Å². The van der Waals surface area contributed by atoms with E-state index in [4.69, 9.17) is 9.47 Å². The highest BCUT2D eigenvalue weighted by atomic mass is 16.5. The molecule has 4 bridgehead atoms. The minimum Gasteiger partial charge on any atom is -0.378 e. The van der Waals surface area contributed by atoms with Gasteiger partial charge in [-0.2, -0.15) is 0 Å². The Morgan fingerprint density at radius 3 is 1.56 bits per heavy atom. The number of fused-ring (bicyclic) bond motifs is 12. The standard InChI is InChI=1S/C31H34N4O4/c1-3-33-12-16-38-18-14-34-20-24(22-8-4-6-10-26(22)34)28-29(31(37)32(2)30(28)36)25-21-35(15-19-39-17-13-33)27-11-7-5-9-23(25)27/h4-11,20-21H,3,12-19H2,1-2H3. The Hall–Kier alpha value is -3.72. The largest absolute Gasteiger partial charge is 0.378 e. The number of hydrogen-bond donors (Lipinski definition) is 0. The maximum atomic E-state index is 13.7. The van der Waals surface area contributed by atoms with Gasteiger partial charge in [-0.25, -0.2) is 0 Å². The Balaban J connectivity index is 1.53. The van der Waals surface area contributed by atoms with Gasteiger partial charge in [-0.15, -0.1) is 0 Å². The van der Waals surface area contributed by atoms with Crippen molar-refractivity contribution in [3.63, 3.8) is 0 Å². The van der Waals surface area contributed by atoms with Crippen LogP contribution in [0.2, 0.25) is 0 Å². The lowest BCUT2D eigenvalue weighted by atomic mass is 9.95. The molecular formula is C31H34N4O4. The summed E-state index contributed by atoms with van der Waals surface area (Å²) >= 11 is 0. The van der Waals surface area contributed by atoms with E-state index in [-0.39, 0.29) is 11.8 Å². The summed E-state index contributed by atoms with van der Waals surface area (Å²) in [6, 6.07) is 16.1. The molecule has 2 aliphatic heterocycles. The van der Waals surface area contributed by atoms with Gasteiger partial charge in [-0.05, 0) is 18.7 Å². The van der Waals surface area contributed by atoms with Crippen molar-refractivity contribution in [1.82, 2.24) is 18.9 Å². The predicted octanol–water partition coefficient (Wildman–Crippen LogP) is 3.87. The number of carbonyl (C=O) groups excluding carboxylic acids is 2. The van der Waals surface area contributed by atoms with E-state index in [1.165, 1.54) is 4.90 Å². The normalized spacial score (nSPS) is 18.5. The number of benzene rings is 2. The molecule has 2 amide bonds. The molecule has 2 aliphatic rings. The third-order valence-electron chi connectivity index (χ3n) is 7.91. The lowest BCUT2D eigenvalue weighted by Crippen LogP contribution is -2.31. The van der Waals surface area contributed by atoms with Gasteiger partial charge in [0.1, 0.15) is 0 Å². The van der Waals surface area contributed by atoms with Crippen molar-refractivity contribution in [1.29, 1.82) is 0 Å². The number of carbonyl (C=O) groups is 2. The first kappa shape index (κ1) is 25.6. The molecule has 0 N–H and O–H groups in total. The van der Waals surface area contributed by atoms with E-state index >= 15 is 0 Å². The summed E-state index contributed by atoms with van der Waals surface area (Å²) < 4.78 is 16.3. The number of amides is 2. The highest BCUT2D eigenvalue weighted by Gasteiger charge is 2.39. The first-order valence-corrected chi connectivity index (χ1v) is 13.7. The van der Waals surface area contributed by atoms with E-state index in [1.54, 1.807) is 7.05 Å². The molecule has 4 aromatic rings. The van der Waals surface area contributed by atoms with E-state index in [0.717, 1.165) is 52.6 Å². The molecule has 8 nitrogen and oxygen atoms in total. The predicted molar refractivity (Wildman–Crippen MR) is 152 cm³/mol. The second kappa shape index (κ2) is 10.8. The summed E-state index contributed by atoms with van der Waals surface area (Å²) in [5.41, 5.74) is 4.49. The molecule has 0 aliphatic carbocycles. The van der Waals surface area contributed by atoms with Crippen molar-refractivity contribution in [2.75, 3.05) is 53.1 Å². The maximum Gasteiger partial charge on any atom is 0.261 e. The SMILES string of the molecule is CCN1CCOCCn2cc(c3ccccc32)C2=C(C(=O)N(C)C2=O)c2cn(c3ccccc23)CCOCC1. The van der Waals surface area contributed by atoms with E-state index in [0.29, 0.717) is 50.7 Å². The zero-order valence-electron chi connectivity index (χ0n) is 22.6. The Morgan fingerprint density at radius 1 is 0.667 bits per heavy atom. The summed E-state index contributed by atoms with van der Waals surface area (Å²) in [6.45, 7) is 8.49. The Morgan fingerprint density at radius 2 is 1.10 bits per heavy atom. The van der Waals surface area contributed by atoms with Crippen molar-refractivity contribution in [3.8, 4) is 0 Å². The minimum absolute atomic E-state index is 0.278. The summed E-state index contributed by atoms with van der Waals surface area (Å²) in [5, 5.41) is 1.90. The Bertz CT molecular complexity index is 1470. The van der Waals surface area contributed by atoms with Crippen molar-refractivity contribution in [3.05, 3.63) is 72.1 Å². The van der Waals surface area contributed by atoms with Gasteiger partial charge in [-0.3, -0.25) is 19.4 Å². The summed E-state index contributed by atoms with van der Waals surface area (Å²) in [7, 11) is 1.57. The van der Waals surface area contributed by atoms with Crippen molar-refractivity contribution >= 4 is 44.8 Å². The van der Waals surface area contributed by atoms with E-state index in [1.807, 2.05) is 48.8 Å². The van der Waals surface area contributed by atoms with Gasteiger partial charge in [0.2, 0.25) is 0 Å². The van der Waals surface area contributed by atoms with Crippen LogP contribution < -0.4 is 0 Å². The van der Waals surface area contributed by atoms with Crippen LogP contribution >= 0.6 is 0 Å².